The number of hydrogen-bond donors (Lipinski definition) is 2. The summed E-state index contributed by atoms with van der Waals surface area (Å²) in [7, 11) is 0. The fraction of sp³-hybridized carbons (Fsp3) is 0.316. The van der Waals surface area contributed by atoms with Gasteiger partial charge in [0.15, 0.2) is 5.11 Å². The lowest BCUT2D eigenvalue weighted by Crippen LogP contribution is -2.29. The molecular formula is C19H22FN3S. The Bertz CT molecular complexity index is 699. The maximum absolute atomic E-state index is 13.6. The van der Waals surface area contributed by atoms with Crippen LogP contribution in [0.25, 0.3) is 0 Å². The van der Waals surface area contributed by atoms with Crippen molar-refractivity contribution in [3.05, 3.63) is 65.5 Å². The van der Waals surface area contributed by atoms with Gasteiger partial charge in [0, 0.05) is 13.1 Å². The van der Waals surface area contributed by atoms with Gasteiger partial charge in [-0.05, 0) is 61.4 Å². The lowest BCUT2D eigenvalue weighted by atomic mass is 10.1. The minimum atomic E-state index is -0.309. The van der Waals surface area contributed by atoms with Crippen LogP contribution in [0, 0.1) is 5.82 Å². The highest BCUT2D eigenvalue weighted by Crippen LogP contribution is 2.16. The molecule has 5 heteroatoms. The van der Waals surface area contributed by atoms with Crippen molar-refractivity contribution in [2.75, 3.05) is 18.4 Å². The van der Waals surface area contributed by atoms with Crippen LogP contribution in [0.5, 0.6) is 0 Å². The molecule has 126 valence electrons. The van der Waals surface area contributed by atoms with Gasteiger partial charge < -0.3 is 10.6 Å². The Hall–Kier alpha value is -1.98. The second kappa shape index (κ2) is 8.22. The third kappa shape index (κ3) is 4.52. The molecule has 2 N–H and O–H groups in total. The lowest BCUT2D eigenvalue weighted by molar-refractivity contribution is 0.330. The first-order valence-electron chi connectivity index (χ1n) is 8.31. The summed E-state index contributed by atoms with van der Waals surface area (Å²) in [4.78, 5) is 2.48. The van der Waals surface area contributed by atoms with Gasteiger partial charge in [-0.15, -0.1) is 0 Å². The van der Waals surface area contributed by atoms with E-state index in [-0.39, 0.29) is 5.82 Å². The molecule has 24 heavy (non-hydrogen) atoms. The summed E-state index contributed by atoms with van der Waals surface area (Å²) in [6.07, 6.45) is 2.58. The minimum absolute atomic E-state index is 0.309. The number of anilines is 1. The van der Waals surface area contributed by atoms with Crippen molar-refractivity contribution in [2.24, 2.45) is 0 Å². The van der Waals surface area contributed by atoms with Gasteiger partial charge in [-0.25, -0.2) is 4.39 Å². The normalized spacial score (nSPS) is 14.5. The molecule has 2 aromatic rings. The summed E-state index contributed by atoms with van der Waals surface area (Å²) >= 11 is 5.28. The molecule has 1 saturated heterocycles. The number of benzene rings is 2. The van der Waals surface area contributed by atoms with Crippen LogP contribution < -0.4 is 10.6 Å². The van der Waals surface area contributed by atoms with E-state index in [4.69, 9.17) is 12.2 Å². The average Bonchev–Trinajstić information content (AvgIpc) is 3.09. The third-order valence-corrected chi connectivity index (χ3v) is 4.52. The zero-order chi connectivity index (χ0) is 16.8. The van der Waals surface area contributed by atoms with Crippen molar-refractivity contribution in [2.45, 2.75) is 25.9 Å². The third-order valence-electron chi connectivity index (χ3n) is 4.27. The molecule has 0 amide bonds. The summed E-state index contributed by atoms with van der Waals surface area (Å²) < 4.78 is 13.6. The largest absolute Gasteiger partial charge is 0.358 e. The molecule has 1 aliphatic heterocycles. The van der Waals surface area contributed by atoms with Crippen LogP contribution in [0.2, 0.25) is 0 Å². The Labute approximate surface area is 147 Å². The number of thiocarbonyl (C=S) groups is 1. The molecule has 0 spiro atoms. The molecule has 0 aliphatic carbocycles. The molecule has 1 aliphatic rings. The van der Waals surface area contributed by atoms with Gasteiger partial charge in [0.2, 0.25) is 0 Å². The monoisotopic (exact) mass is 343 g/mol. The molecule has 0 unspecified atom stereocenters. The van der Waals surface area contributed by atoms with Crippen LogP contribution in [0.4, 0.5) is 10.1 Å². The molecule has 1 heterocycles. The smallest absolute Gasteiger partial charge is 0.171 e. The lowest BCUT2D eigenvalue weighted by Gasteiger charge is -2.18. The van der Waals surface area contributed by atoms with E-state index in [1.165, 1.54) is 43.1 Å². The number of halogens is 1. The first kappa shape index (κ1) is 16.9. The molecule has 2 aromatic carbocycles. The van der Waals surface area contributed by atoms with Crippen LogP contribution in [-0.4, -0.2) is 23.1 Å². The summed E-state index contributed by atoms with van der Waals surface area (Å²) in [6.45, 7) is 3.96. The summed E-state index contributed by atoms with van der Waals surface area (Å²) in [6, 6.07) is 14.9. The van der Waals surface area contributed by atoms with Crippen LogP contribution in [0.1, 0.15) is 24.0 Å². The first-order chi connectivity index (χ1) is 11.7. The zero-order valence-corrected chi connectivity index (χ0v) is 14.4. The number of rotatable bonds is 5. The number of likely N-dealkylation sites (tertiary alicyclic amines) is 1. The van der Waals surface area contributed by atoms with Crippen LogP contribution in [0.15, 0.2) is 48.5 Å². The van der Waals surface area contributed by atoms with E-state index in [9.17, 15) is 4.39 Å². The predicted molar refractivity (Wildman–Crippen MR) is 100 cm³/mol. The maximum atomic E-state index is 13.6. The maximum Gasteiger partial charge on any atom is 0.171 e. The van der Waals surface area contributed by atoms with Gasteiger partial charge >= 0.3 is 0 Å². The number of hydrogen-bond acceptors (Lipinski definition) is 2. The first-order valence-corrected chi connectivity index (χ1v) is 8.72. The molecule has 0 atom stereocenters. The van der Waals surface area contributed by atoms with Crippen molar-refractivity contribution >= 4 is 23.0 Å². The van der Waals surface area contributed by atoms with Crippen molar-refractivity contribution < 1.29 is 4.39 Å². The van der Waals surface area contributed by atoms with E-state index in [0.717, 1.165) is 6.54 Å². The quantitative estimate of drug-likeness (QED) is 0.805. The molecule has 0 saturated carbocycles. The molecule has 0 bridgehead atoms. The van der Waals surface area contributed by atoms with Gasteiger partial charge in [0.25, 0.3) is 0 Å². The van der Waals surface area contributed by atoms with E-state index in [1.54, 1.807) is 18.2 Å². The molecular weight excluding hydrogens is 321 g/mol. The minimum Gasteiger partial charge on any atom is -0.358 e. The SMILES string of the molecule is Fc1ccccc1NC(=S)NCc1ccccc1CN1CCCC1. The van der Waals surface area contributed by atoms with Crippen LogP contribution in [0.3, 0.4) is 0 Å². The van der Waals surface area contributed by atoms with Crippen molar-refractivity contribution in [3.8, 4) is 0 Å². The van der Waals surface area contributed by atoms with Crippen molar-refractivity contribution in [3.63, 3.8) is 0 Å². The Balaban J connectivity index is 1.58. The highest BCUT2D eigenvalue weighted by atomic mass is 32.1. The molecule has 0 radical (unpaired) electrons. The second-order valence-electron chi connectivity index (χ2n) is 6.04. The molecule has 3 rings (SSSR count). The Morgan fingerprint density at radius 2 is 1.67 bits per heavy atom. The van der Waals surface area contributed by atoms with E-state index < -0.39 is 0 Å². The Morgan fingerprint density at radius 3 is 2.42 bits per heavy atom. The number of nitrogens with one attached hydrogen (secondary N) is 2. The van der Waals surface area contributed by atoms with Crippen LogP contribution in [-0.2, 0) is 13.1 Å². The van der Waals surface area contributed by atoms with E-state index in [2.05, 4.69) is 33.7 Å². The fourth-order valence-corrected chi connectivity index (χ4v) is 3.15. The van der Waals surface area contributed by atoms with Crippen molar-refractivity contribution in [1.82, 2.24) is 10.2 Å². The highest BCUT2D eigenvalue weighted by molar-refractivity contribution is 7.80. The predicted octanol–water partition coefficient (Wildman–Crippen LogP) is 3.91. The van der Waals surface area contributed by atoms with Gasteiger partial charge in [-0.3, -0.25) is 4.90 Å². The average molecular weight is 343 g/mol. The van der Waals surface area contributed by atoms with Crippen LogP contribution >= 0.6 is 12.2 Å². The van der Waals surface area contributed by atoms with E-state index in [0.29, 0.717) is 17.3 Å². The van der Waals surface area contributed by atoms with Gasteiger partial charge in [0.1, 0.15) is 5.82 Å². The van der Waals surface area contributed by atoms with Gasteiger partial charge in [-0.2, -0.15) is 0 Å². The van der Waals surface area contributed by atoms with E-state index in [1.807, 2.05) is 6.07 Å². The van der Waals surface area contributed by atoms with Gasteiger partial charge in [-0.1, -0.05) is 36.4 Å². The second-order valence-corrected chi connectivity index (χ2v) is 6.45. The summed E-state index contributed by atoms with van der Waals surface area (Å²) in [5.74, 6) is -0.309. The zero-order valence-electron chi connectivity index (χ0n) is 13.6. The van der Waals surface area contributed by atoms with E-state index >= 15 is 0 Å². The fourth-order valence-electron chi connectivity index (χ4n) is 2.97. The van der Waals surface area contributed by atoms with Gasteiger partial charge in [0.05, 0.1) is 5.69 Å². The topological polar surface area (TPSA) is 27.3 Å². The molecule has 3 nitrogen and oxygen atoms in total. The summed E-state index contributed by atoms with van der Waals surface area (Å²) in [5, 5.41) is 6.51. The molecule has 0 aromatic heterocycles. The summed E-state index contributed by atoms with van der Waals surface area (Å²) in [5.41, 5.74) is 2.93. The Morgan fingerprint density at radius 1 is 1.00 bits per heavy atom. The standard InChI is InChI=1S/C19H22FN3S/c20-17-9-3-4-10-18(17)22-19(24)21-13-15-7-1-2-8-16(15)14-23-11-5-6-12-23/h1-4,7-10H,5-6,11-14H2,(H2,21,22,24). The molecule has 1 fully saturated rings. The number of nitrogens with zero attached hydrogens (tertiary/aromatic N) is 1. The number of para-hydroxylation sites is 1. The Kier molecular flexibility index (Phi) is 5.77. The highest BCUT2D eigenvalue weighted by Gasteiger charge is 2.13. The van der Waals surface area contributed by atoms with Crippen molar-refractivity contribution in [1.29, 1.82) is 0 Å².